The zero-order valence-electron chi connectivity index (χ0n) is 11.7. The first kappa shape index (κ1) is 19.5. The summed E-state index contributed by atoms with van der Waals surface area (Å²) in [6.45, 7) is 0.879. The zero-order chi connectivity index (χ0) is 17.8. The van der Waals surface area contributed by atoms with Crippen LogP contribution in [0.1, 0.15) is 13.3 Å². The van der Waals surface area contributed by atoms with Gasteiger partial charge in [0.15, 0.2) is 0 Å². The Kier molecular flexibility index (Phi) is 6.26. The maximum Gasteiger partial charge on any atom is 0.428 e. The van der Waals surface area contributed by atoms with E-state index < -0.39 is 30.1 Å². The first-order valence-electron chi connectivity index (χ1n) is 6.22. The van der Waals surface area contributed by atoms with Crippen molar-refractivity contribution in [1.29, 1.82) is 0 Å². The summed E-state index contributed by atoms with van der Waals surface area (Å²) in [7, 11) is 0. The molecule has 0 bridgehead atoms. The molecule has 1 amide bonds. The van der Waals surface area contributed by atoms with Crippen molar-refractivity contribution in [2.24, 2.45) is 0 Å². The number of hydrogen-bond acceptors (Lipinski definition) is 4. The highest BCUT2D eigenvalue weighted by atomic mass is 35.5. The molecule has 23 heavy (non-hydrogen) atoms. The SMILES string of the molecule is CCOC(=O)[C@](O)(CC(=O)Nc1ccc(Cl)cc1Cl)C(F)(F)F. The minimum Gasteiger partial charge on any atom is -0.464 e. The number of rotatable bonds is 5. The van der Waals surface area contributed by atoms with Crippen LogP contribution in [0.15, 0.2) is 18.2 Å². The lowest BCUT2D eigenvalue weighted by atomic mass is 9.98. The Hall–Kier alpha value is -1.51. The molecule has 0 spiro atoms. The highest BCUT2D eigenvalue weighted by Gasteiger charge is 2.61. The molecule has 5 nitrogen and oxygen atoms in total. The van der Waals surface area contributed by atoms with Gasteiger partial charge >= 0.3 is 12.1 Å². The van der Waals surface area contributed by atoms with E-state index in [1.165, 1.54) is 25.1 Å². The van der Waals surface area contributed by atoms with Crippen LogP contribution in [0.3, 0.4) is 0 Å². The molecule has 0 radical (unpaired) electrons. The second-order valence-electron chi connectivity index (χ2n) is 4.43. The summed E-state index contributed by atoms with van der Waals surface area (Å²) < 4.78 is 43.0. The van der Waals surface area contributed by atoms with Crippen molar-refractivity contribution in [3.05, 3.63) is 28.2 Å². The third kappa shape index (κ3) is 4.73. The van der Waals surface area contributed by atoms with Gasteiger partial charge in [0.25, 0.3) is 5.60 Å². The lowest BCUT2D eigenvalue weighted by Gasteiger charge is -2.27. The summed E-state index contributed by atoms with van der Waals surface area (Å²) in [5, 5.41) is 11.9. The number of carbonyl (C=O) groups excluding carboxylic acids is 2. The summed E-state index contributed by atoms with van der Waals surface area (Å²) in [6.07, 6.45) is -6.96. The molecular formula is C13H12Cl2F3NO4. The maximum absolute atomic E-state index is 12.9. The van der Waals surface area contributed by atoms with Crippen molar-refractivity contribution >= 4 is 40.8 Å². The van der Waals surface area contributed by atoms with Gasteiger partial charge in [-0.3, -0.25) is 4.79 Å². The lowest BCUT2D eigenvalue weighted by molar-refractivity contribution is -0.262. The molecule has 0 aliphatic carbocycles. The van der Waals surface area contributed by atoms with Gasteiger partial charge in [0.1, 0.15) is 0 Å². The average molecular weight is 374 g/mol. The van der Waals surface area contributed by atoms with Gasteiger partial charge in [-0.05, 0) is 25.1 Å². The Labute approximate surface area is 139 Å². The Morgan fingerprint density at radius 3 is 2.39 bits per heavy atom. The van der Waals surface area contributed by atoms with Crippen molar-refractivity contribution in [3.8, 4) is 0 Å². The summed E-state index contributed by atoms with van der Waals surface area (Å²) >= 11 is 11.4. The molecule has 10 heteroatoms. The number of carbonyl (C=O) groups is 2. The van der Waals surface area contributed by atoms with Gasteiger partial charge in [0.2, 0.25) is 5.91 Å². The van der Waals surface area contributed by atoms with Crippen molar-refractivity contribution < 1.29 is 32.6 Å². The van der Waals surface area contributed by atoms with Crippen LogP contribution in [0.25, 0.3) is 0 Å². The van der Waals surface area contributed by atoms with Gasteiger partial charge < -0.3 is 15.2 Å². The van der Waals surface area contributed by atoms with Crippen LogP contribution >= 0.6 is 23.2 Å². The van der Waals surface area contributed by atoms with E-state index in [1.807, 2.05) is 0 Å². The summed E-state index contributed by atoms with van der Waals surface area (Å²) in [5.41, 5.74) is -3.97. The smallest absolute Gasteiger partial charge is 0.428 e. The van der Waals surface area contributed by atoms with Crippen LogP contribution in [0.5, 0.6) is 0 Å². The largest absolute Gasteiger partial charge is 0.464 e. The number of nitrogens with one attached hydrogen (secondary N) is 1. The molecule has 2 N–H and O–H groups in total. The van der Waals surface area contributed by atoms with Gasteiger partial charge in [-0.25, -0.2) is 4.79 Å². The number of ether oxygens (including phenoxy) is 1. The van der Waals surface area contributed by atoms with Crippen molar-refractivity contribution in [3.63, 3.8) is 0 Å². The van der Waals surface area contributed by atoms with Crippen molar-refractivity contribution in [1.82, 2.24) is 0 Å². The number of halogens is 5. The Balaban J connectivity index is 2.96. The van der Waals surface area contributed by atoms with E-state index in [9.17, 15) is 27.9 Å². The predicted octanol–water partition coefficient (Wildman–Crippen LogP) is 3.18. The van der Waals surface area contributed by atoms with E-state index in [0.717, 1.165) is 0 Å². The number of esters is 1. The Morgan fingerprint density at radius 2 is 1.91 bits per heavy atom. The summed E-state index contributed by atoms with van der Waals surface area (Å²) in [6, 6.07) is 3.88. The van der Waals surface area contributed by atoms with E-state index in [1.54, 1.807) is 0 Å². The minimum absolute atomic E-state index is 0.0162. The van der Waals surface area contributed by atoms with Gasteiger partial charge in [-0.15, -0.1) is 0 Å². The molecule has 0 fully saturated rings. The molecule has 1 rings (SSSR count). The molecule has 0 aromatic heterocycles. The van der Waals surface area contributed by atoms with Gasteiger partial charge in [0.05, 0.1) is 23.7 Å². The van der Waals surface area contributed by atoms with Crippen LogP contribution in [0.2, 0.25) is 10.0 Å². The van der Waals surface area contributed by atoms with Crippen molar-refractivity contribution in [2.75, 3.05) is 11.9 Å². The predicted molar refractivity (Wildman–Crippen MR) is 77.3 cm³/mol. The van der Waals surface area contributed by atoms with E-state index in [2.05, 4.69) is 10.1 Å². The van der Waals surface area contributed by atoms with E-state index in [4.69, 9.17) is 23.2 Å². The summed E-state index contributed by atoms with van der Waals surface area (Å²) in [4.78, 5) is 23.1. The standard InChI is InChI=1S/C13H12Cl2F3NO4/c1-2-23-11(21)12(22,13(16,17)18)6-10(20)19-9-4-3-7(14)5-8(9)15/h3-5,22H,2,6H2,1H3,(H,19,20)/t12-/m1/s1. The van der Waals surface area contributed by atoms with Crippen LogP contribution in [-0.2, 0) is 14.3 Å². The van der Waals surface area contributed by atoms with Gasteiger partial charge in [0, 0.05) is 5.02 Å². The van der Waals surface area contributed by atoms with Crippen molar-refractivity contribution in [2.45, 2.75) is 25.1 Å². The Morgan fingerprint density at radius 1 is 1.30 bits per heavy atom. The highest BCUT2D eigenvalue weighted by molar-refractivity contribution is 6.36. The molecular weight excluding hydrogens is 362 g/mol. The third-order valence-corrected chi connectivity index (χ3v) is 3.25. The zero-order valence-corrected chi connectivity index (χ0v) is 13.2. The molecule has 0 unspecified atom stereocenters. The number of anilines is 1. The molecule has 1 aromatic carbocycles. The van der Waals surface area contributed by atoms with Gasteiger partial charge in [-0.1, -0.05) is 23.2 Å². The molecule has 0 aliphatic heterocycles. The fourth-order valence-corrected chi connectivity index (χ4v) is 2.01. The number of benzene rings is 1. The van der Waals surface area contributed by atoms with E-state index >= 15 is 0 Å². The highest BCUT2D eigenvalue weighted by Crippen LogP contribution is 2.35. The molecule has 128 valence electrons. The second kappa shape index (κ2) is 7.37. The normalized spacial score (nSPS) is 14.0. The third-order valence-electron chi connectivity index (χ3n) is 2.70. The van der Waals surface area contributed by atoms with Gasteiger partial charge in [-0.2, -0.15) is 13.2 Å². The first-order chi connectivity index (χ1) is 10.5. The lowest BCUT2D eigenvalue weighted by Crippen LogP contribution is -2.54. The Bertz CT molecular complexity index is 609. The van der Waals surface area contributed by atoms with Crippen LogP contribution < -0.4 is 5.32 Å². The molecule has 0 saturated carbocycles. The fraction of sp³-hybridized carbons (Fsp3) is 0.385. The number of hydrogen-bond donors (Lipinski definition) is 2. The van der Waals surface area contributed by atoms with Crippen LogP contribution in [0.4, 0.5) is 18.9 Å². The topological polar surface area (TPSA) is 75.6 Å². The van der Waals surface area contributed by atoms with E-state index in [-0.39, 0.29) is 22.3 Å². The molecule has 1 aromatic rings. The second-order valence-corrected chi connectivity index (χ2v) is 5.27. The van der Waals surface area contributed by atoms with E-state index in [0.29, 0.717) is 0 Å². The average Bonchev–Trinajstić information content (AvgIpc) is 2.40. The first-order valence-corrected chi connectivity index (χ1v) is 6.98. The molecule has 0 heterocycles. The minimum atomic E-state index is -5.39. The molecule has 0 saturated heterocycles. The molecule has 0 aliphatic rings. The van der Waals surface area contributed by atoms with Crippen LogP contribution in [-0.4, -0.2) is 35.4 Å². The van der Waals surface area contributed by atoms with Crippen LogP contribution in [0, 0.1) is 0 Å². The number of aliphatic hydroxyl groups is 1. The number of amides is 1. The maximum atomic E-state index is 12.9. The number of alkyl halides is 3. The quantitative estimate of drug-likeness (QED) is 0.777. The summed E-state index contributed by atoms with van der Waals surface area (Å²) in [5.74, 6) is -3.23. The monoisotopic (exact) mass is 373 g/mol. The fourth-order valence-electron chi connectivity index (χ4n) is 1.56. The molecule has 1 atom stereocenters.